The Kier molecular flexibility index (Phi) is 5.25. The number of amides is 1. The molecule has 4 heteroatoms. The Bertz CT molecular complexity index is 436. The highest BCUT2D eigenvalue weighted by Gasteiger charge is 2.24. The third-order valence-electron chi connectivity index (χ3n) is 3.43. The lowest BCUT2D eigenvalue weighted by atomic mass is 10.2. The minimum absolute atomic E-state index is 0.205. The second-order valence-corrected chi connectivity index (χ2v) is 5.71. The van der Waals surface area contributed by atoms with Crippen molar-refractivity contribution in [2.75, 3.05) is 25.0 Å². The molecule has 1 amide bonds. The number of ether oxygens (including phenoxy) is 1. The molecule has 0 saturated carbocycles. The second-order valence-electron chi connectivity index (χ2n) is 5.06. The zero-order valence-corrected chi connectivity index (χ0v) is 12.9. The summed E-state index contributed by atoms with van der Waals surface area (Å²) in [5.74, 6) is 1.66. The Morgan fingerprint density at radius 3 is 3.05 bits per heavy atom. The summed E-state index contributed by atoms with van der Waals surface area (Å²) in [4.78, 5) is 13.9. The Hall–Kier alpha value is -1.03. The molecule has 0 spiro atoms. The van der Waals surface area contributed by atoms with Crippen LogP contribution < -0.4 is 4.74 Å². The zero-order chi connectivity index (χ0) is 13.7. The number of carbonyl (C=O) groups excluding carboxylic acids is 1. The molecule has 1 saturated heterocycles. The fourth-order valence-corrected chi connectivity index (χ4v) is 2.83. The maximum atomic E-state index is 12.0. The molecule has 3 nitrogen and oxygen atoms in total. The first-order valence-electron chi connectivity index (χ1n) is 6.72. The molecule has 1 atom stereocenters. The highest BCUT2D eigenvalue weighted by Crippen LogP contribution is 2.19. The number of benzene rings is 1. The molecule has 0 bridgehead atoms. The van der Waals surface area contributed by atoms with Gasteiger partial charge in [0.1, 0.15) is 5.75 Å². The van der Waals surface area contributed by atoms with E-state index in [9.17, 15) is 4.79 Å². The molecule has 1 heterocycles. The molecule has 0 radical (unpaired) electrons. The van der Waals surface area contributed by atoms with Crippen LogP contribution in [0.25, 0.3) is 0 Å². The Morgan fingerprint density at radius 2 is 2.37 bits per heavy atom. The average Bonchev–Trinajstić information content (AvgIpc) is 2.87. The number of halogens is 1. The van der Waals surface area contributed by atoms with Crippen LogP contribution in [-0.2, 0) is 4.79 Å². The SMILES string of the molecule is Cc1cccc(OCCC(=O)N2CCC(CBr)C2)c1. The minimum Gasteiger partial charge on any atom is -0.493 e. The van der Waals surface area contributed by atoms with Gasteiger partial charge in [-0.05, 0) is 37.0 Å². The van der Waals surface area contributed by atoms with Crippen LogP contribution in [0.4, 0.5) is 0 Å². The minimum atomic E-state index is 0.205. The maximum Gasteiger partial charge on any atom is 0.226 e. The van der Waals surface area contributed by atoms with Gasteiger partial charge in [-0.2, -0.15) is 0 Å². The van der Waals surface area contributed by atoms with E-state index in [2.05, 4.69) is 15.9 Å². The molecule has 1 aromatic carbocycles. The van der Waals surface area contributed by atoms with E-state index in [1.54, 1.807) is 0 Å². The number of hydrogen-bond donors (Lipinski definition) is 0. The molecule has 1 fully saturated rings. The van der Waals surface area contributed by atoms with Crippen LogP contribution in [0.2, 0.25) is 0 Å². The van der Waals surface area contributed by atoms with Crippen LogP contribution in [0, 0.1) is 12.8 Å². The average molecular weight is 326 g/mol. The predicted molar refractivity (Wildman–Crippen MR) is 79.8 cm³/mol. The number of likely N-dealkylation sites (tertiary alicyclic amines) is 1. The summed E-state index contributed by atoms with van der Waals surface area (Å²) < 4.78 is 5.61. The van der Waals surface area contributed by atoms with Crippen molar-refractivity contribution in [2.45, 2.75) is 19.8 Å². The Balaban J connectivity index is 1.72. The molecule has 0 aliphatic carbocycles. The molecule has 1 aliphatic rings. The topological polar surface area (TPSA) is 29.5 Å². The van der Waals surface area contributed by atoms with Gasteiger partial charge in [0.05, 0.1) is 13.0 Å². The smallest absolute Gasteiger partial charge is 0.226 e. The molecule has 1 aliphatic heterocycles. The van der Waals surface area contributed by atoms with Gasteiger partial charge >= 0.3 is 0 Å². The summed E-state index contributed by atoms with van der Waals surface area (Å²) in [6.07, 6.45) is 1.57. The van der Waals surface area contributed by atoms with Crippen LogP contribution in [0.3, 0.4) is 0 Å². The summed E-state index contributed by atoms with van der Waals surface area (Å²) in [7, 11) is 0. The maximum absolute atomic E-state index is 12.0. The van der Waals surface area contributed by atoms with Crippen molar-refractivity contribution >= 4 is 21.8 Å². The number of hydrogen-bond acceptors (Lipinski definition) is 2. The highest BCUT2D eigenvalue weighted by molar-refractivity contribution is 9.09. The monoisotopic (exact) mass is 325 g/mol. The lowest BCUT2D eigenvalue weighted by molar-refractivity contribution is -0.130. The van der Waals surface area contributed by atoms with E-state index in [0.29, 0.717) is 18.9 Å². The summed E-state index contributed by atoms with van der Waals surface area (Å²) in [5.41, 5.74) is 1.17. The van der Waals surface area contributed by atoms with E-state index in [1.807, 2.05) is 36.1 Å². The van der Waals surface area contributed by atoms with Crippen molar-refractivity contribution in [3.8, 4) is 5.75 Å². The zero-order valence-electron chi connectivity index (χ0n) is 11.3. The van der Waals surface area contributed by atoms with E-state index < -0.39 is 0 Å². The molecule has 1 aromatic rings. The fourth-order valence-electron chi connectivity index (χ4n) is 2.30. The third kappa shape index (κ3) is 4.23. The number of nitrogens with zero attached hydrogens (tertiary/aromatic N) is 1. The van der Waals surface area contributed by atoms with Gasteiger partial charge in [0, 0.05) is 18.4 Å². The van der Waals surface area contributed by atoms with E-state index in [1.165, 1.54) is 5.56 Å². The Labute approximate surface area is 123 Å². The van der Waals surface area contributed by atoms with Crippen LogP contribution in [0.5, 0.6) is 5.75 Å². The van der Waals surface area contributed by atoms with Gasteiger partial charge < -0.3 is 9.64 Å². The van der Waals surface area contributed by atoms with Crippen molar-refractivity contribution < 1.29 is 9.53 Å². The molecule has 0 aromatic heterocycles. The van der Waals surface area contributed by atoms with Crippen molar-refractivity contribution in [3.63, 3.8) is 0 Å². The largest absolute Gasteiger partial charge is 0.493 e. The van der Waals surface area contributed by atoms with Crippen LogP contribution >= 0.6 is 15.9 Å². The normalized spacial score (nSPS) is 18.6. The second kappa shape index (κ2) is 6.94. The van der Waals surface area contributed by atoms with Gasteiger partial charge in [0.25, 0.3) is 0 Å². The lowest BCUT2D eigenvalue weighted by Gasteiger charge is -2.16. The Morgan fingerprint density at radius 1 is 1.53 bits per heavy atom. The number of carbonyl (C=O) groups is 1. The molecular formula is C15H20BrNO2. The van der Waals surface area contributed by atoms with E-state index in [4.69, 9.17) is 4.74 Å². The van der Waals surface area contributed by atoms with Gasteiger partial charge in [-0.25, -0.2) is 0 Å². The fraction of sp³-hybridized carbons (Fsp3) is 0.533. The summed E-state index contributed by atoms with van der Waals surface area (Å²) in [5, 5.41) is 0.983. The van der Waals surface area contributed by atoms with E-state index in [0.717, 1.165) is 30.6 Å². The van der Waals surface area contributed by atoms with Crippen LogP contribution in [0.15, 0.2) is 24.3 Å². The van der Waals surface area contributed by atoms with Crippen molar-refractivity contribution in [1.29, 1.82) is 0 Å². The van der Waals surface area contributed by atoms with Gasteiger partial charge in [-0.1, -0.05) is 28.1 Å². The first kappa shape index (κ1) is 14.4. The van der Waals surface area contributed by atoms with Crippen molar-refractivity contribution in [2.24, 2.45) is 5.92 Å². The lowest BCUT2D eigenvalue weighted by Crippen LogP contribution is -2.29. The van der Waals surface area contributed by atoms with Gasteiger partial charge in [-0.15, -0.1) is 0 Å². The quantitative estimate of drug-likeness (QED) is 0.779. The first-order valence-corrected chi connectivity index (χ1v) is 7.84. The molecule has 19 heavy (non-hydrogen) atoms. The van der Waals surface area contributed by atoms with Crippen LogP contribution in [0.1, 0.15) is 18.4 Å². The predicted octanol–water partition coefficient (Wildman–Crippen LogP) is 3.01. The highest BCUT2D eigenvalue weighted by atomic mass is 79.9. The molecular weight excluding hydrogens is 306 g/mol. The molecule has 104 valence electrons. The van der Waals surface area contributed by atoms with Crippen LogP contribution in [-0.4, -0.2) is 35.8 Å². The summed E-state index contributed by atoms with van der Waals surface area (Å²) in [6, 6.07) is 7.91. The third-order valence-corrected chi connectivity index (χ3v) is 4.35. The molecule has 1 unspecified atom stereocenters. The van der Waals surface area contributed by atoms with Crippen molar-refractivity contribution in [1.82, 2.24) is 4.90 Å². The van der Waals surface area contributed by atoms with E-state index in [-0.39, 0.29) is 5.91 Å². The van der Waals surface area contributed by atoms with Gasteiger partial charge in [0.15, 0.2) is 0 Å². The number of alkyl halides is 1. The summed E-state index contributed by atoms with van der Waals surface area (Å²) in [6.45, 7) is 4.26. The van der Waals surface area contributed by atoms with Gasteiger partial charge in [0.2, 0.25) is 5.91 Å². The molecule has 2 rings (SSSR count). The van der Waals surface area contributed by atoms with Gasteiger partial charge in [-0.3, -0.25) is 4.79 Å². The molecule has 0 N–H and O–H groups in total. The first-order chi connectivity index (χ1) is 9.19. The number of aryl methyl sites for hydroxylation is 1. The van der Waals surface area contributed by atoms with E-state index >= 15 is 0 Å². The summed E-state index contributed by atoms with van der Waals surface area (Å²) >= 11 is 3.48. The number of rotatable bonds is 5. The standard InChI is InChI=1S/C15H20BrNO2/c1-12-3-2-4-14(9-12)19-8-6-15(18)17-7-5-13(10-16)11-17/h2-4,9,13H,5-8,10-11H2,1H3. The van der Waals surface area contributed by atoms with Crippen molar-refractivity contribution in [3.05, 3.63) is 29.8 Å².